The Morgan fingerprint density at radius 1 is 1.00 bits per heavy atom. The molecule has 1 fully saturated rings. The first-order valence-corrected chi connectivity index (χ1v) is 12.7. The second-order valence-corrected chi connectivity index (χ2v) is 9.25. The maximum absolute atomic E-state index is 13.7. The molecule has 0 unspecified atom stereocenters. The molecule has 1 saturated heterocycles. The molecule has 0 aliphatic carbocycles. The number of aryl methyl sites for hydroxylation is 1. The normalized spacial score (nSPS) is 14.6. The Bertz CT molecular complexity index is 1110. The number of aromatic nitrogens is 2. The molecule has 7 nitrogen and oxygen atoms in total. The molecule has 0 atom stereocenters. The second kappa shape index (κ2) is 12.3. The average molecular weight is 496 g/mol. The van der Waals surface area contributed by atoms with Crippen molar-refractivity contribution in [2.45, 2.75) is 26.9 Å². The molecule has 36 heavy (non-hydrogen) atoms. The van der Waals surface area contributed by atoms with Crippen molar-refractivity contribution in [2.75, 3.05) is 65.0 Å². The third-order valence-corrected chi connectivity index (χ3v) is 6.88. The molecule has 1 aromatic heterocycles. The number of piperazine rings is 1. The van der Waals surface area contributed by atoms with Crippen LogP contribution in [0.1, 0.15) is 23.7 Å². The average Bonchev–Trinajstić information content (AvgIpc) is 3.23. The van der Waals surface area contributed by atoms with E-state index >= 15 is 0 Å². The van der Waals surface area contributed by atoms with Crippen molar-refractivity contribution in [3.8, 4) is 11.4 Å². The van der Waals surface area contributed by atoms with Crippen LogP contribution >= 0.6 is 0 Å². The van der Waals surface area contributed by atoms with Crippen molar-refractivity contribution in [1.82, 2.24) is 19.6 Å². The minimum Gasteiger partial charge on any atom is -0.497 e. The number of rotatable bonds is 11. The number of likely N-dealkylation sites (N-methyl/N-ethyl adjacent to an activating group) is 1. The predicted molar refractivity (Wildman–Crippen MR) is 142 cm³/mol. The van der Waals surface area contributed by atoms with Crippen LogP contribution in [0.4, 0.5) is 10.2 Å². The van der Waals surface area contributed by atoms with E-state index in [9.17, 15) is 4.39 Å². The minimum absolute atomic E-state index is 0.245. The molecule has 4 rings (SSSR count). The summed E-state index contributed by atoms with van der Waals surface area (Å²) in [5, 5.41) is 4.95. The van der Waals surface area contributed by atoms with Gasteiger partial charge in [-0.15, -0.1) is 0 Å². The molecular weight excluding hydrogens is 457 g/mol. The summed E-state index contributed by atoms with van der Waals surface area (Å²) in [4.78, 5) is 7.29. The van der Waals surface area contributed by atoms with Crippen molar-refractivity contribution < 1.29 is 13.9 Å². The molecule has 1 aliphatic rings. The van der Waals surface area contributed by atoms with Crippen LogP contribution in [-0.4, -0.2) is 79.7 Å². The number of halogens is 1. The van der Waals surface area contributed by atoms with Gasteiger partial charge in [0.1, 0.15) is 17.4 Å². The number of hydrogen-bond donors (Lipinski definition) is 0. The zero-order chi connectivity index (χ0) is 25.5. The summed E-state index contributed by atoms with van der Waals surface area (Å²) in [6.07, 6.45) is 0. The van der Waals surface area contributed by atoms with Gasteiger partial charge in [-0.2, -0.15) is 5.10 Å². The molecule has 0 bridgehead atoms. The van der Waals surface area contributed by atoms with Crippen LogP contribution in [0.25, 0.3) is 5.69 Å². The van der Waals surface area contributed by atoms with Crippen LogP contribution in [-0.2, 0) is 17.8 Å². The lowest BCUT2D eigenvalue weighted by Crippen LogP contribution is -2.47. The SMILES string of the molecule is CCN1CCN(c2c(CN(CCOC)Cc3cccc(OC)c3)c(C)nn2-c2ccc(F)cc2)CC1. The van der Waals surface area contributed by atoms with Crippen LogP contribution in [0, 0.1) is 12.7 Å². The van der Waals surface area contributed by atoms with Gasteiger partial charge in [-0.25, -0.2) is 9.07 Å². The molecule has 0 spiro atoms. The van der Waals surface area contributed by atoms with Crippen LogP contribution in [0.5, 0.6) is 5.75 Å². The lowest BCUT2D eigenvalue weighted by atomic mass is 10.1. The number of benzene rings is 2. The van der Waals surface area contributed by atoms with E-state index in [1.165, 1.54) is 23.3 Å². The smallest absolute Gasteiger partial charge is 0.137 e. The summed E-state index contributed by atoms with van der Waals surface area (Å²) < 4.78 is 26.6. The summed E-state index contributed by atoms with van der Waals surface area (Å²) in [6.45, 7) is 12.2. The fourth-order valence-electron chi connectivity index (χ4n) is 4.78. The second-order valence-electron chi connectivity index (χ2n) is 9.25. The Morgan fingerprint density at radius 3 is 2.42 bits per heavy atom. The summed E-state index contributed by atoms with van der Waals surface area (Å²) >= 11 is 0. The topological polar surface area (TPSA) is 46.0 Å². The van der Waals surface area contributed by atoms with Gasteiger partial charge >= 0.3 is 0 Å². The molecule has 0 radical (unpaired) electrons. The highest BCUT2D eigenvalue weighted by atomic mass is 19.1. The Kier molecular flexibility index (Phi) is 8.96. The van der Waals surface area contributed by atoms with Crippen LogP contribution in [0.3, 0.4) is 0 Å². The van der Waals surface area contributed by atoms with Gasteiger partial charge < -0.3 is 19.3 Å². The first-order chi connectivity index (χ1) is 17.5. The van der Waals surface area contributed by atoms with E-state index in [-0.39, 0.29) is 5.82 Å². The van der Waals surface area contributed by atoms with E-state index in [1.54, 1.807) is 26.4 Å². The van der Waals surface area contributed by atoms with Crippen LogP contribution in [0.2, 0.25) is 0 Å². The highest BCUT2D eigenvalue weighted by Crippen LogP contribution is 2.30. The molecule has 8 heteroatoms. The van der Waals surface area contributed by atoms with E-state index in [0.29, 0.717) is 6.61 Å². The number of anilines is 1. The predicted octanol–water partition coefficient (Wildman–Crippen LogP) is 4.12. The third kappa shape index (κ3) is 6.24. The van der Waals surface area contributed by atoms with Gasteiger partial charge in [-0.3, -0.25) is 4.90 Å². The fourth-order valence-corrected chi connectivity index (χ4v) is 4.78. The van der Waals surface area contributed by atoms with E-state index in [2.05, 4.69) is 40.7 Å². The van der Waals surface area contributed by atoms with Gasteiger partial charge in [-0.05, 0) is 55.4 Å². The number of hydrogen-bond acceptors (Lipinski definition) is 6. The lowest BCUT2D eigenvalue weighted by Gasteiger charge is -2.36. The van der Waals surface area contributed by atoms with Gasteiger partial charge in [0.2, 0.25) is 0 Å². The quantitative estimate of drug-likeness (QED) is 0.399. The molecule has 2 aromatic carbocycles. The summed E-state index contributed by atoms with van der Waals surface area (Å²) in [5.41, 5.74) is 4.24. The minimum atomic E-state index is -0.245. The first kappa shape index (κ1) is 26.1. The van der Waals surface area contributed by atoms with Gasteiger partial charge in [0.15, 0.2) is 0 Å². The van der Waals surface area contributed by atoms with Crippen molar-refractivity contribution >= 4 is 5.82 Å². The standard InChI is InChI=1S/C28H38FN5O2/c1-5-31-13-15-33(16-14-31)28-27(22(2)30-34(28)25-11-9-24(29)10-12-25)21-32(17-18-35-3)20-23-7-6-8-26(19-23)36-4/h6-12,19H,5,13-18,20-21H2,1-4H3. The summed E-state index contributed by atoms with van der Waals surface area (Å²) in [6, 6.07) is 14.8. The van der Waals surface area contributed by atoms with Gasteiger partial charge in [-0.1, -0.05) is 19.1 Å². The number of ether oxygens (including phenoxy) is 2. The molecule has 194 valence electrons. The lowest BCUT2D eigenvalue weighted by molar-refractivity contribution is 0.140. The highest BCUT2D eigenvalue weighted by molar-refractivity contribution is 5.56. The summed E-state index contributed by atoms with van der Waals surface area (Å²) in [7, 11) is 3.43. The largest absolute Gasteiger partial charge is 0.497 e. The Labute approximate surface area is 214 Å². The maximum atomic E-state index is 13.7. The molecule has 0 saturated carbocycles. The van der Waals surface area contributed by atoms with Gasteiger partial charge in [0.05, 0.1) is 25.1 Å². The number of methoxy groups -OCH3 is 2. The third-order valence-electron chi connectivity index (χ3n) is 6.88. The van der Waals surface area contributed by atoms with Gasteiger partial charge in [0.25, 0.3) is 0 Å². The van der Waals surface area contributed by atoms with Crippen LogP contribution in [0.15, 0.2) is 48.5 Å². The Balaban J connectivity index is 1.68. The summed E-state index contributed by atoms with van der Waals surface area (Å²) in [5.74, 6) is 1.71. The van der Waals surface area contributed by atoms with Crippen LogP contribution < -0.4 is 9.64 Å². The molecule has 3 aromatic rings. The monoisotopic (exact) mass is 495 g/mol. The van der Waals surface area contributed by atoms with E-state index in [0.717, 1.165) is 75.3 Å². The molecule has 2 heterocycles. The number of nitrogens with zero attached hydrogens (tertiary/aromatic N) is 5. The van der Waals surface area contributed by atoms with E-state index in [1.807, 2.05) is 16.8 Å². The maximum Gasteiger partial charge on any atom is 0.137 e. The molecular formula is C28H38FN5O2. The Hall–Kier alpha value is -2.94. The Morgan fingerprint density at radius 2 is 1.75 bits per heavy atom. The molecule has 0 N–H and O–H groups in total. The fraction of sp³-hybridized carbons (Fsp3) is 0.464. The first-order valence-electron chi connectivity index (χ1n) is 12.7. The molecule has 1 aliphatic heterocycles. The van der Waals surface area contributed by atoms with Crippen molar-refractivity contribution in [1.29, 1.82) is 0 Å². The van der Waals surface area contributed by atoms with E-state index < -0.39 is 0 Å². The van der Waals surface area contributed by atoms with E-state index in [4.69, 9.17) is 14.6 Å². The zero-order valence-corrected chi connectivity index (χ0v) is 21.9. The zero-order valence-electron chi connectivity index (χ0n) is 21.9. The van der Waals surface area contributed by atoms with Crippen molar-refractivity contribution in [2.24, 2.45) is 0 Å². The highest BCUT2D eigenvalue weighted by Gasteiger charge is 2.26. The van der Waals surface area contributed by atoms with Crippen molar-refractivity contribution in [3.63, 3.8) is 0 Å². The van der Waals surface area contributed by atoms with Gasteiger partial charge in [0, 0.05) is 58.5 Å². The molecule has 0 amide bonds. The van der Waals surface area contributed by atoms with Crippen molar-refractivity contribution in [3.05, 3.63) is 71.2 Å².